The van der Waals surface area contributed by atoms with Crippen LogP contribution in [-0.4, -0.2) is 33.1 Å². The van der Waals surface area contributed by atoms with Crippen molar-refractivity contribution in [3.05, 3.63) is 16.4 Å². The van der Waals surface area contributed by atoms with Crippen LogP contribution in [-0.2, 0) is 18.4 Å². The number of carbonyl (C=O) groups excluding carboxylic acids is 1. The van der Waals surface area contributed by atoms with Gasteiger partial charge in [-0.3, -0.25) is 14.4 Å². The minimum Gasteiger partial charge on any atom is -0.300 e. The van der Waals surface area contributed by atoms with E-state index in [4.69, 9.17) is 11.6 Å². The van der Waals surface area contributed by atoms with Crippen LogP contribution in [0.15, 0.2) is 0 Å². The standard InChI is InChI=1S/C13H20ClN3O/c1-9(18)7-11-5-4-6-17(11)8-12-13(14)10(2)15-16(12)3/h11H,4-8H2,1-3H3. The molecule has 0 aromatic carbocycles. The summed E-state index contributed by atoms with van der Waals surface area (Å²) < 4.78 is 1.85. The third-order valence-electron chi connectivity index (χ3n) is 3.64. The van der Waals surface area contributed by atoms with E-state index < -0.39 is 0 Å². The topological polar surface area (TPSA) is 38.1 Å². The van der Waals surface area contributed by atoms with Crippen LogP contribution in [0.3, 0.4) is 0 Å². The highest BCUT2D eigenvalue weighted by Gasteiger charge is 2.27. The minimum absolute atomic E-state index is 0.263. The summed E-state index contributed by atoms with van der Waals surface area (Å²) in [6.07, 6.45) is 2.91. The number of nitrogens with zero attached hydrogens (tertiary/aromatic N) is 3. The van der Waals surface area contributed by atoms with E-state index in [1.54, 1.807) is 6.92 Å². The third-order valence-corrected chi connectivity index (χ3v) is 4.13. The van der Waals surface area contributed by atoms with Crippen molar-refractivity contribution in [1.82, 2.24) is 14.7 Å². The molecule has 18 heavy (non-hydrogen) atoms. The summed E-state index contributed by atoms with van der Waals surface area (Å²) >= 11 is 6.27. The van der Waals surface area contributed by atoms with Crippen molar-refractivity contribution in [2.75, 3.05) is 6.54 Å². The van der Waals surface area contributed by atoms with Crippen LogP contribution >= 0.6 is 11.6 Å². The van der Waals surface area contributed by atoms with Crippen molar-refractivity contribution in [2.24, 2.45) is 7.05 Å². The molecule has 2 rings (SSSR count). The van der Waals surface area contributed by atoms with Crippen LogP contribution in [0.25, 0.3) is 0 Å². The number of aryl methyl sites for hydroxylation is 2. The first kappa shape index (κ1) is 13.6. The predicted octanol–water partition coefficient (Wildman–Crippen LogP) is 2.33. The van der Waals surface area contributed by atoms with Crippen LogP contribution in [0.4, 0.5) is 0 Å². The molecular formula is C13H20ClN3O. The number of carbonyl (C=O) groups is 1. The van der Waals surface area contributed by atoms with E-state index in [-0.39, 0.29) is 5.78 Å². The van der Waals surface area contributed by atoms with E-state index in [2.05, 4.69) is 10.00 Å². The molecule has 1 aliphatic heterocycles. The fraction of sp³-hybridized carbons (Fsp3) is 0.692. The van der Waals surface area contributed by atoms with Gasteiger partial charge >= 0.3 is 0 Å². The van der Waals surface area contributed by atoms with Crippen LogP contribution in [0.5, 0.6) is 0 Å². The van der Waals surface area contributed by atoms with Crippen LogP contribution in [0.1, 0.15) is 37.6 Å². The smallest absolute Gasteiger partial charge is 0.131 e. The predicted molar refractivity (Wildman–Crippen MR) is 71.7 cm³/mol. The maximum Gasteiger partial charge on any atom is 0.131 e. The van der Waals surface area contributed by atoms with E-state index in [1.807, 2.05) is 18.7 Å². The Labute approximate surface area is 113 Å². The zero-order valence-electron chi connectivity index (χ0n) is 11.2. The monoisotopic (exact) mass is 269 g/mol. The molecule has 0 bridgehead atoms. The summed E-state index contributed by atoms with van der Waals surface area (Å²) in [6, 6.07) is 0.369. The normalized spacial score (nSPS) is 20.6. The summed E-state index contributed by atoms with van der Waals surface area (Å²) in [5, 5.41) is 5.09. The van der Waals surface area contributed by atoms with Crippen LogP contribution in [0.2, 0.25) is 5.02 Å². The summed E-state index contributed by atoms with van der Waals surface area (Å²) in [7, 11) is 1.92. The number of aromatic nitrogens is 2. The number of rotatable bonds is 4. The first-order valence-electron chi connectivity index (χ1n) is 6.40. The Bertz CT molecular complexity index is 455. The molecular weight excluding hydrogens is 250 g/mol. The van der Waals surface area contributed by atoms with Gasteiger partial charge in [0.25, 0.3) is 0 Å². The molecule has 1 unspecified atom stereocenters. The Kier molecular flexibility index (Phi) is 4.07. The highest BCUT2D eigenvalue weighted by Crippen LogP contribution is 2.26. The Morgan fingerprint density at radius 3 is 2.83 bits per heavy atom. The molecule has 0 saturated carbocycles. The van der Waals surface area contributed by atoms with Gasteiger partial charge in [-0.15, -0.1) is 0 Å². The van der Waals surface area contributed by atoms with Crippen LogP contribution < -0.4 is 0 Å². The summed E-state index contributed by atoms with van der Waals surface area (Å²) in [4.78, 5) is 13.6. The molecule has 1 fully saturated rings. The van der Waals surface area contributed by atoms with Crippen molar-refractivity contribution < 1.29 is 4.79 Å². The second kappa shape index (κ2) is 5.41. The van der Waals surface area contributed by atoms with Gasteiger partial charge in [0.2, 0.25) is 0 Å². The number of halogens is 1. The molecule has 1 aliphatic rings. The number of hydrogen-bond acceptors (Lipinski definition) is 3. The van der Waals surface area contributed by atoms with Gasteiger partial charge in [0, 0.05) is 26.1 Å². The highest BCUT2D eigenvalue weighted by atomic mass is 35.5. The largest absolute Gasteiger partial charge is 0.300 e. The van der Waals surface area contributed by atoms with Gasteiger partial charge in [-0.1, -0.05) is 11.6 Å². The first-order valence-corrected chi connectivity index (χ1v) is 6.78. The summed E-state index contributed by atoms with van der Waals surface area (Å²) in [5.41, 5.74) is 1.92. The summed E-state index contributed by atoms with van der Waals surface area (Å²) in [6.45, 7) is 5.41. The van der Waals surface area contributed by atoms with E-state index >= 15 is 0 Å². The number of ketones is 1. The van der Waals surface area contributed by atoms with Gasteiger partial charge in [0.15, 0.2) is 0 Å². The number of likely N-dealkylation sites (tertiary alicyclic amines) is 1. The fourth-order valence-electron chi connectivity index (χ4n) is 2.71. The van der Waals surface area contributed by atoms with E-state index in [0.717, 1.165) is 42.3 Å². The van der Waals surface area contributed by atoms with Crippen molar-refractivity contribution in [1.29, 1.82) is 0 Å². The SMILES string of the molecule is CC(=O)CC1CCCN1Cc1c(Cl)c(C)nn1C. The van der Waals surface area contributed by atoms with E-state index in [9.17, 15) is 4.79 Å². The lowest BCUT2D eigenvalue weighted by Gasteiger charge is -2.23. The minimum atomic E-state index is 0.263. The van der Waals surface area contributed by atoms with E-state index in [1.165, 1.54) is 0 Å². The van der Waals surface area contributed by atoms with Gasteiger partial charge in [-0.2, -0.15) is 5.10 Å². The Morgan fingerprint density at radius 2 is 2.28 bits per heavy atom. The number of hydrogen-bond donors (Lipinski definition) is 0. The molecule has 1 atom stereocenters. The Hall–Kier alpha value is -0.870. The molecule has 0 amide bonds. The fourth-order valence-corrected chi connectivity index (χ4v) is 2.93. The molecule has 4 nitrogen and oxygen atoms in total. The molecule has 0 spiro atoms. The molecule has 2 heterocycles. The van der Waals surface area contributed by atoms with Gasteiger partial charge in [-0.05, 0) is 33.2 Å². The summed E-state index contributed by atoms with van der Waals surface area (Å²) in [5.74, 6) is 0.263. The molecule has 0 aliphatic carbocycles. The second-order valence-electron chi connectivity index (χ2n) is 5.14. The molecule has 1 aromatic heterocycles. The maximum absolute atomic E-state index is 11.3. The second-order valence-corrected chi connectivity index (χ2v) is 5.52. The molecule has 100 valence electrons. The lowest BCUT2D eigenvalue weighted by atomic mass is 10.1. The average molecular weight is 270 g/mol. The zero-order chi connectivity index (χ0) is 13.3. The molecule has 5 heteroatoms. The van der Waals surface area contributed by atoms with E-state index in [0.29, 0.717) is 12.5 Å². The van der Waals surface area contributed by atoms with Crippen molar-refractivity contribution in [2.45, 2.75) is 45.7 Å². The third kappa shape index (κ3) is 2.75. The van der Waals surface area contributed by atoms with Gasteiger partial charge < -0.3 is 0 Å². The van der Waals surface area contributed by atoms with Gasteiger partial charge in [0.1, 0.15) is 5.78 Å². The zero-order valence-corrected chi connectivity index (χ0v) is 12.0. The first-order chi connectivity index (χ1) is 8.49. The van der Waals surface area contributed by atoms with Crippen molar-refractivity contribution in [3.63, 3.8) is 0 Å². The van der Waals surface area contributed by atoms with Crippen molar-refractivity contribution >= 4 is 17.4 Å². The van der Waals surface area contributed by atoms with Gasteiger partial charge in [-0.25, -0.2) is 0 Å². The lowest BCUT2D eigenvalue weighted by molar-refractivity contribution is -0.118. The molecule has 0 N–H and O–H groups in total. The lowest BCUT2D eigenvalue weighted by Crippen LogP contribution is -2.31. The number of Topliss-reactive ketones (excluding diaryl/α,β-unsaturated/α-hetero) is 1. The quantitative estimate of drug-likeness (QED) is 0.842. The molecule has 1 saturated heterocycles. The molecule has 1 aromatic rings. The molecule has 0 radical (unpaired) electrons. The van der Waals surface area contributed by atoms with Crippen LogP contribution in [0, 0.1) is 6.92 Å². The van der Waals surface area contributed by atoms with Gasteiger partial charge in [0.05, 0.1) is 16.4 Å². The highest BCUT2D eigenvalue weighted by molar-refractivity contribution is 6.31. The maximum atomic E-state index is 11.3. The Morgan fingerprint density at radius 1 is 1.56 bits per heavy atom. The van der Waals surface area contributed by atoms with Crippen molar-refractivity contribution in [3.8, 4) is 0 Å². The average Bonchev–Trinajstić information content (AvgIpc) is 2.79. The Balaban J connectivity index is 2.10.